The maximum Gasteiger partial charge on any atom is 0.193 e. The fourth-order valence-corrected chi connectivity index (χ4v) is 3.57. The molecule has 0 radical (unpaired) electrons. The Morgan fingerprint density at radius 3 is 2.83 bits per heavy atom. The number of hydrogen-bond donors (Lipinski definition) is 1. The van der Waals surface area contributed by atoms with Crippen molar-refractivity contribution in [3.8, 4) is 0 Å². The molecule has 4 rings (SSSR count). The minimum Gasteiger partial charge on any atom is -0.387 e. The zero-order valence-electron chi connectivity index (χ0n) is 12.6. The van der Waals surface area contributed by atoms with Crippen LogP contribution in [0.3, 0.4) is 0 Å². The Kier molecular flexibility index (Phi) is 3.88. The highest BCUT2D eigenvalue weighted by Crippen LogP contribution is 2.30. The fourth-order valence-electron chi connectivity index (χ4n) is 2.86. The summed E-state index contributed by atoms with van der Waals surface area (Å²) in [6, 6.07) is 6.60. The lowest BCUT2D eigenvalue weighted by atomic mass is 10.1. The molecule has 0 saturated heterocycles. The molecule has 23 heavy (non-hydrogen) atoms. The molecule has 0 amide bonds. The van der Waals surface area contributed by atoms with Gasteiger partial charge >= 0.3 is 0 Å². The summed E-state index contributed by atoms with van der Waals surface area (Å²) in [5, 5.41) is 12.5. The van der Waals surface area contributed by atoms with Crippen LogP contribution in [0.15, 0.2) is 42.0 Å². The summed E-state index contributed by atoms with van der Waals surface area (Å²) >= 11 is 1.62. The van der Waals surface area contributed by atoms with Gasteiger partial charge in [0.05, 0.1) is 11.8 Å². The predicted octanol–water partition coefficient (Wildman–Crippen LogP) is 3.23. The van der Waals surface area contributed by atoms with Crippen LogP contribution in [-0.2, 0) is 6.54 Å². The van der Waals surface area contributed by atoms with Gasteiger partial charge in [0.2, 0.25) is 0 Å². The number of thiazole rings is 1. The van der Waals surface area contributed by atoms with Crippen molar-refractivity contribution in [1.29, 1.82) is 0 Å². The molecule has 2 heterocycles. The summed E-state index contributed by atoms with van der Waals surface area (Å²) < 4.78 is 15.0. The van der Waals surface area contributed by atoms with Crippen molar-refractivity contribution in [2.75, 3.05) is 6.54 Å². The van der Waals surface area contributed by atoms with Crippen LogP contribution in [-0.4, -0.2) is 32.0 Å². The number of aromatic nitrogens is 2. The van der Waals surface area contributed by atoms with Gasteiger partial charge in [0.25, 0.3) is 0 Å². The van der Waals surface area contributed by atoms with Crippen LogP contribution in [0.25, 0.3) is 4.96 Å². The van der Waals surface area contributed by atoms with Crippen LogP contribution in [0.2, 0.25) is 0 Å². The van der Waals surface area contributed by atoms with E-state index in [-0.39, 0.29) is 5.82 Å². The first-order chi connectivity index (χ1) is 11.2. The van der Waals surface area contributed by atoms with Crippen molar-refractivity contribution in [3.05, 3.63) is 59.1 Å². The number of hydrogen-bond acceptors (Lipinski definition) is 4. The smallest absolute Gasteiger partial charge is 0.193 e. The molecule has 1 fully saturated rings. The fraction of sp³-hybridized carbons (Fsp3) is 0.353. The molecular weight excluding hydrogens is 313 g/mol. The number of aliphatic hydroxyl groups excluding tert-OH is 1. The van der Waals surface area contributed by atoms with Gasteiger partial charge in [-0.3, -0.25) is 9.30 Å². The van der Waals surface area contributed by atoms with Crippen LogP contribution < -0.4 is 0 Å². The van der Waals surface area contributed by atoms with Crippen LogP contribution in [0, 0.1) is 5.82 Å². The molecule has 0 aliphatic heterocycles. The molecule has 1 atom stereocenters. The Balaban J connectivity index is 1.47. The maximum absolute atomic E-state index is 13.0. The van der Waals surface area contributed by atoms with E-state index in [1.54, 1.807) is 23.5 Å². The van der Waals surface area contributed by atoms with Crippen LogP contribution in [0.4, 0.5) is 4.39 Å². The van der Waals surface area contributed by atoms with E-state index in [4.69, 9.17) is 0 Å². The number of imidazole rings is 1. The van der Waals surface area contributed by atoms with Gasteiger partial charge in [-0.1, -0.05) is 12.1 Å². The molecule has 1 aromatic carbocycles. The highest BCUT2D eigenvalue weighted by atomic mass is 32.1. The molecule has 4 nitrogen and oxygen atoms in total. The van der Waals surface area contributed by atoms with E-state index in [9.17, 15) is 9.50 Å². The lowest BCUT2D eigenvalue weighted by Gasteiger charge is -2.24. The number of fused-ring (bicyclic) bond motifs is 1. The summed E-state index contributed by atoms with van der Waals surface area (Å²) in [7, 11) is 0. The second-order valence-electron chi connectivity index (χ2n) is 6.05. The molecule has 0 spiro atoms. The van der Waals surface area contributed by atoms with E-state index in [2.05, 4.69) is 9.88 Å². The first-order valence-corrected chi connectivity index (χ1v) is 8.65. The third-order valence-electron chi connectivity index (χ3n) is 4.23. The number of rotatable bonds is 6. The largest absolute Gasteiger partial charge is 0.387 e. The van der Waals surface area contributed by atoms with Gasteiger partial charge in [-0.05, 0) is 30.5 Å². The van der Waals surface area contributed by atoms with Gasteiger partial charge in [-0.25, -0.2) is 9.37 Å². The van der Waals surface area contributed by atoms with Crippen molar-refractivity contribution in [3.63, 3.8) is 0 Å². The minimum atomic E-state index is -0.611. The molecule has 0 bridgehead atoms. The molecule has 1 aliphatic rings. The van der Waals surface area contributed by atoms with E-state index in [0.717, 1.165) is 22.8 Å². The van der Waals surface area contributed by atoms with Crippen molar-refractivity contribution in [1.82, 2.24) is 14.3 Å². The summed E-state index contributed by atoms with van der Waals surface area (Å²) in [5.41, 5.74) is 1.78. The zero-order chi connectivity index (χ0) is 15.8. The van der Waals surface area contributed by atoms with Gasteiger partial charge < -0.3 is 5.11 Å². The maximum atomic E-state index is 13.0. The van der Waals surface area contributed by atoms with E-state index in [1.807, 2.05) is 22.2 Å². The van der Waals surface area contributed by atoms with Gasteiger partial charge in [0.15, 0.2) is 4.96 Å². The van der Waals surface area contributed by atoms with Crippen molar-refractivity contribution >= 4 is 16.3 Å². The van der Waals surface area contributed by atoms with Crippen molar-refractivity contribution in [2.45, 2.75) is 31.5 Å². The SMILES string of the molecule is O[C@@H](CN(Cc1cn2ccsc2n1)C1CC1)c1ccc(F)cc1. The van der Waals surface area contributed by atoms with Gasteiger partial charge in [-0.15, -0.1) is 11.3 Å². The molecular formula is C17H18FN3OS. The van der Waals surface area contributed by atoms with E-state index in [1.165, 1.54) is 25.0 Å². The topological polar surface area (TPSA) is 40.8 Å². The van der Waals surface area contributed by atoms with E-state index in [0.29, 0.717) is 12.6 Å². The highest BCUT2D eigenvalue weighted by Gasteiger charge is 2.31. The first-order valence-electron chi connectivity index (χ1n) is 7.78. The normalized spacial score (nSPS) is 16.3. The average Bonchev–Trinajstić information content (AvgIpc) is 3.18. The average molecular weight is 331 g/mol. The highest BCUT2D eigenvalue weighted by molar-refractivity contribution is 7.15. The number of benzene rings is 1. The minimum absolute atomic E-state index is 0.280. The molecule has 1 N–H and O–H groups in total. The first kappa shape index (κ1) is 14.8. The van der Waals surface area contributed by atoms with Gasteiger partial charge in [-0.2, -0.15) is 0 Å². The summed E-state index contributed by atoms with van der Waals surface area (Å²) in [6.07, 6.45) is 5.77. The van der Waals surface area contributed by atoms with Gasteiger partial charge in [0.1, 0.15) is 5.82 Å². The molecule has 1 aliphatic carbocycles. The standard InChI is InChI=1S/C17H18FN3OS/c18-13-3-1-12(2-4-13)16(22)11-21(15-5-6-15)10-14-9-20-7-8-23-17(20)19-14/h1-4,7-9,15-16,22H,5-6,10-11H2/t16-/m0/s1. The Labute approximate surface area is 137 Å². The Bertz CT molecular complexity index is 765. The van der Waals surface area contributed by atoms with Crippen molar-refractivity contribution in [2.24, 2.45) is 0 Å². The Morgan fingerprint density at radius 1 is 1.35 bits per heavy atom. The Hall–Kier alpha value is -1.76. The summed E-state index contributed by atoms with van der Waals surface area (Å²) in [6.45, 7) is 1.28. The van der Waals surface area contributed by atoms with E-state index < -0.39 is 6.10 Å². The van der Waals surface area contributed by atoms with Crippen LogP contribution >= 0.6 is 11.3 Å². The predicted molar refractivity (Wildman–Crippen MR) is 87.9 cm³/mol. The third-order valence-corrected chi connectivity index (χ3v) is 5.00. The van der Waals surface area contributed by atoms with Crippen LogP contribution in [0.1, 0.15) is 30.2 Å². The molecule has 0 unspecified atom stereocenters. The monoisotopic (exact) mass is 331 g/mol. The Morgan fingerprint density at radius 2 is 2.13 bits per heavy atom. The molecule has 120 valence electrons. The second kappa shape index (κ2) is 6.03. The van der Waals surface area contributed by atoms with Gasteiger partial charge in [0, 0.05) is 36.9 Å². The van der Waals surface area contributed by atoms with Crippen LogP contribution in [0.5, 0.6) is 0 Å². The van der Waals surface area contributed by atoms with Crippen molar-refractivity contribution < 1.29 is 9.50 Å². The molecule has 1 saturated carbocycles. The molecule has 2 aromatic heterocycles. The molecule has 6 heteroatoms. The number of aliphatic hydroxyl groups is 1. The second-order valence-corrected chi connectivity index (χ2v) is 6.93. The summed E-state index contributed by atoms with van der Waals surface area (Å²) in [4.78, 5) is 7.90. The van der Waals surface area contributed by atoms with E-state index >= 15 is 0 Å². The number of halogens is 1. The quantitative estimate of drug-likeness (QED) is 0.754. The lowest BCUT2D eigenvalue weighted by Crippen LogP contribution is -2.30. The molecule has 3 aromatic rings. The number of nitrogens with zero attached hydrogens (tertiary/aromatic N) is 3. The lowest BCUT2D eigenvalue weighted by molar-refractivity contribution is 0.104. The third kappa shape index (κ3) is 3.29. The zero-order valence-corrected chi connectivity index (χ0v) is 13.4. The summed E-state index contributed by atoms with van der Waals surface area (Å²) in [5.74, 6) is -0.280.